The molecule has 0 saturated carbocycles. The van der Waals surface area contributed by atoms with Gasteiger partial charge in [-0.15, -0.1) is 0 Å². The molecule has 2 aromatic carbocycles. The fourth-order valence-corrected chi connectivity index (χ4v) is 3.37. The van der Waals surface area contributed by atoms with E-state index in [0.717, 1.165) is 0 Å². The topological polar surface area (TPSA) is 72.2 Å². The molecule has 2 rings (SSSR count). The van der Waals surface area contributed by atoms with Gasteiger partial charge in [-0.05, 0) is 57.9 Å². The van der Waals surface area contributed by atoms with Gasteiger partial charge in [-0.1, -0.05) is 23.2 Å². The number of benzene rings is 2. The zero-order valence-corrected chi connectivity index (χ0v) is 14.5. The lowest BCUT2D eigenvalue weighted by Gasteiger charge is -2.10. The number of rotatable bonds is 4. The highest BCUT2D eigenvalue weighted by molar-refractivity contribution is 9.10. The molecule has 0 aliphatic heterocycles. The molecule has 0 fully saturated rings. The Hall–Kier alpha value is -0.790. The Balaban J connectivity index is 2.35. The second-order valence-corrected chi connectivity index (χ2v) is 7.54. The molecule has 3 N–H and O–H groups in total. The van der Waals surface area contributed by atoms with Gasteiger partial charge in [-0.25, -0.2) is 8.42 Å². The number of hydrogen-bond acceptors (Lipinski definition) is 3. The van der Waals surface area contributed by atoms with Gasteiger partial charge in [0.2, 0.25) is 0 Å². The lowest BCUT2D eigenvalue weighted by molar-refractivity contribution is 0.601. The summed E-state index contributed by atoms with van der Waals surface area (Å²) < 4.78 is 27.8. The van der Waals surface area contributed by atoms with Crippen LogP contribution >= 0.6 is 39.1 Å². The molecule has 0 aromatic heterocycles. The van der Waals surface area contributed by atoms with Gasteiger partial charge in [-0.3, -0.25) is 4.72 Å². The van der Waals surface area contributed by atoms with E-state index in [1.807, 2.05) is 0 Å². The molecule has 21 heavy (non-hydrogen) atoms. The van der Waals surface area contributed by atoms with E-state index >= 15 is 0 Å². The van der Waals surface area contributed by atoms with E-state index in [0.29, 0.717) is 25.8 Å². The van der Waals surface area contributed by atoms with Crippen LogP contribution in [-0.2, 0) is 16.6 Å². The Kier molecular flexibility index (Phi) is 5.16. The summed E-state index contributed by atoms with van der Waals surface area (Å²) in [4.78, 5) is 0.0893. The second-order valence-electron chi connectivity index (χ2n) is 4.19. The summed E-state index contributed by atoms with van der Waals surface area (Å²) in [5, 5.41) is 0.845. The van der Waals surface area contributed by atoms with Gasteiger partial charge >= 0.3 is 0 Å². The normalized spacial score (nSPS) is 11.4. The first-order valence-corrected chi connectivity index (χ1v) is 8.83. The van der Waals surface area contributed by atoms with Crippen LogP contribution < -0.4 is 10.5 Å². The maximum atomic E-state index is 12.3. The number of nitrogens with two attached hydrogens (primary N) is 1. The summed E-state index contributed by atoms with van der Waals surface area (Å²) in [6.45, 7) is 0.159. The van der Waals surface area contributed by atoms with Crippen molar-refractivity contribution in [2.24, 2.45) is 5.73 Å². The quantitative estimate of drug-likeness (QED) is 0.800. The first-order valence-electron chi connectivity index (χ1n) is 5.80. The lowest BCUT2D eigenvalue weighted by atomic mass is 10.2. The molecule has 0 heterocycles. The Morgan fingerprint density at radius 1 is 1.10 bits per heavy atom. The van der Waals surface area contributed by atoms with E-state index in [1.54, 1.807) is 12.1 Å². The van der Waals surface area contributed by atoms with E-state index in [4.69, 9.17) is 28.9 Å². The minimum absolute atomic E-state index is 0.0893. The minimum atomic E-state index is -3.73. The molecule has 0 amide bonds. The summed E-state index contributed by atoms with van der Waals surface area (Å²) in [7, 11) is -3.73. The summed E-state index contributed by atoms with van der Waals surface area (Å²) in [5.41, 5.74) is 6.46. The molecule has 0 aliphatic carbocycles. The molecule has 0 bridgehead atoms. The Bertz CT molecular complexity index is 782. The van der Waals surface area contributed by atoms with Crippen molar-refractivity contribution in [3.63, 3.8) is 0 Å². The summed E-state index contributed by atoms with van der Waals surface area (Å²) in [6.07, 6.45) is 0. The van der Waals surface area contributed by atoms with Crippen LogP contribution in [0.3, 0.4) is 0 Å². The van der Waals surface area contributed by atoms with Crippen molar-refractivity contribution in [3.8, 4) is 0 Å². The average Bonchev–Trinajstić information content (AvgIpc) is 2.43. The van der Waals surface area contributed by atoms with Gasteiger partial charge in [0.1, 0.15) is 0 Å². The highest BCUT2D eigenvalue weighted by Gasteiger charge is 2.16. The molecule has 0 spiro atoms. The first kappa shape index (κ1) is 16.6. The number of hydrogen-bond donors (Lipinski definition) is 2. The first-order chi connectivity index (χ1) is 9.83. The van der Waals surface area contributed by atoms with Crippen LogP contribution in [-0.4, -0.2) is 8.42 Å². The Morgan fingerprint density at radius 2 is 1.81 bits per heavy atom. The third kappa shape index (κ3) is 3.90. The molecule has 0 atom stereocenters. The number of nitrogens with one attached hydrogen (secondary N) is 1. The van der Waals surface area contributed by atoms with Gasteiger partial charge in [0.15, 0.2) is 0 Å². The van der Waals surface area contributed by atoms with E-state index in [2.05, 4.69) is 20.7 Å². The highest BCUT2D eigenvalue weighted by Crippen LogP contribution is 2.27. The van der Waals surface area contributed by atoms with E-state index in [9.17, 15) is 8.42 Å². The predicted molar refractivity (Wildman–Crippen MR) is 89.3 cm³/mol. The van der Waals surface area contributed by atoms with Crippen LogP contribution in [0.1, 0.15) is 5.56 Å². The summed E-state index contributed by atoms with van der Waals surface area (Å²) in [5.74, 6) is 0. The highest BCUT2D eigenvalue weighted by atomic mass is 79.9. The second kappa shape index (κ2) is 6.54. The molecular formula is C13H11BrCl2N2O2S. The van der Waals surface area contributed by atoms with Gasteiger partial charge < -0.3 is 5.73 Å². The maximum Gasteiger partial charge on any atom is 0.261 e. The largest absolute Gasteiger partial charge is 0.326 e. The molecule has 8 heteroatoms. The Labute approximate surface area is 141 Å². The third-order valence-corrected chi connectivity index (χ3v) is 5.70. The van der Waals surface area contributed by atoms with E-state index in [-0.39, 0.29) is 11.4 Å². The smallest absolute Gasteiger partial charge is 0.261 e. The SMILES string of the molecule is NCc1cc(S(=O)(=O)Nc2ccc(Br)c(Cl)c2)ccc1Cl. The van der Waals surface area contributed by atoms with Crippen LogP contribution in [0.15, 0.2) is 45.8 Å². The summed E-state index contributed by atoms with van der Waals surface area (Å²) >= 11 is 15.1. The number of sulfonamides is 1. The lowest BCUT2D eigenvalue weighted by Crippen LogP contribution is -2.13. The molecule has 4 nitrogen and oxygen atoms in total. The van der Waals surface area contributed by atoms with Crippen LogP contribution in [0, 0.1) is 0 Å². The molecule has 0 saturated heterocycles. The fourth-order valence-electron chi connectivity index (χ4n) is 1.65. The summed E-state index contributed by atoms with van der Waals surface area (Å²) in [6, 6.07) is 9.16. The van der Waals surface area contributed by atoms with Crippen molar-refractivity contribution in [3.05, 3.63) is 56.5 Å². The van der Waals surface area contributed by atoms with E-state index in [1.165, 1.54) is 24.3 Å². The molecule has 112 valence electrons. The Morgan fingerprint density at radius 3 is 2.43 bits per heavy atom. The predicted octanol–water partition coefficient (Wildman–Crippen LogP) is 4.02. The standard InChI is InChI=1S/C13H11BrCl2N2O2S/c14-11-3-1-9(6-13(11)16)18-21(19,20)10-2-4-12(15)8(5-10)7-17/h1-6,18H,7,17H2. The van der Waals surface area contributed by atoms with Gasteiger partial charge in [0.25, 0.3) is 10.0 Å². The van der Waals surface area contributed by atoms with Crippen LogP contribution in [0.5, 0.6) is 0 Å². The third-order valence-electron chi connectivity index (χ3n) is 2.72. The van der Waals surface area contributed by atoms with Crippen molar-refractivity contribution in [2.45, 2.75) is 11.4 Å². The van der Waals surface area contributed by atoms with Crippen LogP contribution in [0.4, 0.5) is 5.69 Å². The van der Waals surface area contributed by atoms with Crippen molar-refractivity contribution < 1.29 is 8.42 Å². The minimum Gasteiger partial charge on any atom is -0.326 e. The van der Waals surface area contributed by atoms with Crippen molar-refractivity contribution in [1.29, 1.82) is 0 Å². The van der Waals surface area contributed by atoms with Gasteiger partial charge in [0, 0.05) is 16.0 Å². The van der Waals surface area contributed by atoms with Crippen LogP contribution in [0.2, 0.25) is 10.0 Å². The van der Waals surface area contributed by atoms with Crippen LogP contribution in [0.25, 0.3) is 0 Å². The van der Waals surface area contributed by atoms with Gasteiger partial charge in [0.05, 0.1) is 15.6 Å². The van der Waals surface area contributed by atoms with Gasteiger partial charge in [-0.2, -0.15) is 0 Å². The molecular weight excluding hydrogens is 399 g/mol. The van der Waals surface area contributed by atoms with E-state index < -0.39 is 10.0 Å². The number of anilines is 1. The molecule has 0 aliphatic rings. The average molecular weight is 410 g/mol. The zero-order chi connectivity index (χ0) is 15.6. The zero-order valence-electron chi connectivity index (χ0n) is 10.6. The molecule has 2 aromatic rings. The molecule has 0 unspecified atom stereocenters. The molecule has 0 radical (unpaired) electrons. The van der Waals surface area contributed by atoms with Crippen molar-refractivity contribution in [1.82, 2.24) is 0 Å². The number of halogens is 3. The maximum absolute atomic E-state index is 12.3. The van der Waals surface area contributed by atoms with Crippen molar-refractivity contribution in [2.75, 3.05) is 4.72 Å². The monoisotopic (exact) mass is 408 g/mol. The fraction of sp³-hybridized carbons (Fsp3) is 0.0769. The van der Waals surface area contributed by atoms with Crippen molar-refractivity contribution >= 4 is 54.8 Å².